The van der Waals surface area contributed by atoms with E-state index in [1.54, 1.807) is 36.4 Å². The third kappa shape index (κ3) is 5.76. The van der Waals surface area contributed by atoms with Gasteiger partial charge in [0, 0.05) is 17.0 Å². The molecule has 5 nitrogen and oxygen atoms in total. The number of thiophene rings is 1. The van der Waals surface area contributed by atoms with Crippen LogP contribution in [0.2, 0.25) is 0 Å². The van der Waals surface area contributed by atoms with Crippen molar-refractivity contribution in [1.82, 2.24) is 4.72 Å². The summed E-state index contributed by atoms with van der Waals surface area (Å²) in [5, 5.41) is 0. The molecule has 2 aromatic carbocycles. The highest BCUT2D eigenvalue weighted by atomic mass is 32.2. The van der Waals surface area contributed by atoms with E-state index in [0.29, 0.717) is 28.7 Å². The van der Waals surface area contributed by atoms with Crippen molar-refractivity contribution in [3.63, 3.8) is 0 Å². The summed E-state index contributed by atoms with van der Waals surface area (Å²) >= 11 is 1.29. The molecule has 152 valence electrons. The zero-order valence-electron chi connectivity index (χ0n) is 16.3. The molecule has 0 radical (unpaired) electrons. The van der Waals surface area contributed by atoms with Crippen molar-refractivity contribution in [2.75, 3.05) is 6.61 Å². The third-order valence-electron chi connectivity index (χ3n) is 4.08. The summed E-state index contributed by atoms with van der Waals surface area (Å²) < 4.78 is 33.2. The van der Waals surface area contributed by atoms with Gasteiger partial charge in [-0.1, -0.05) is 44.2 Å². The van der Waals surface area contributed by atoms with Crippen LogP contribution in [0, 0.1) is 5.92 Å². The largest absolute Gasteiger partial charge is 0.493 e. The number of hydrogen-bond donors (Lipinski definition) is 1. The number of hydrogen-bond acceptors (Lipinski definition) is 5. The lowest BCUT2D eigenvalue weighted by Crippen LogP contribution is -2.22. The molecule has 0 unspecified atom stereocenters. The molecular weight excluding hydrogens is 406 g/mol. The quantitative estimate of drug-likeness (QED) is 0.509. The lowest BCUT2D eigenvalue weighted by molar-refractivity contribution is 0.104. The van der Waals surface area contributed by atoms with Crippen LogP contribution >= 0.6 is 11.3 Å². The average Bonchev–Trinajstić information content (AvgIpc) is 3.20. The maximum atomic E-state index is 12.5. The first-order valence-electron chi connectivity index (χ1n) is 9.26. The Morgan fingerprint density at radius 1 is 1.00 bits per heavy atom. The molecule has 0 atom stereocenters. The second kappa shape index (κ2) is 9.35. The highest BCUT2D eigenvalue weighted by Gasteiger charge is 2.16. The molecule has 0 aliphatic carbocycles. The number of nitrogens with one attached hydrogen (secondary N) is 1. The van der Waals surface area contributed by atoms with Gasteiger partial charge in [-0.15, -0.1) is 11.3 Å². The fourth-order valence-electron chi connectivity index (χ4n) is 2.55. The van der Waals surface area contributed by atoms with Crippen LogP contribution in [0.15, 0.2) is 71.6 Å². The first-order valence-corrected chi connectivity index (χ1v) is 11.6. The predicted molar refractivity (Wildman–Crippen MR) is 115 cm³/mol. The van der Waals surface area contributed by atoms with Crippen LogP contribution < -0.4 is 9.46 Å². The summed E-state index contributed by atoms with van der Waals surface area (Å²) in [6.45, 7) is 4.80. The molecule has 29 heavy (non-hydrogen) atoms. The van der Waals surface area contributed by atoms with Crippen LogP contribution in [0.4, 0.5) is 0 Å². The van der Waals surface area contributed by atoms with E-state index in [2.05, 4.69) is 4.72 Å². The number of ketones is 1. The Labute approximate surface area is 175 Å². The molecule has 0 saturated heterocycles. The van der Waals surface area contributed by atoms with Gasteiger partial charge in [0.25, 0.3) is 0 Å². The minimum Gasteiger partial charge on any atom is -0.493 e. The minimum atomic E-state index is -3.65. The molecule has 0 bridgehead atoms. The van der Waals surface area contributed by atoms with Crippen molar-refractivity contribution in [2.45, 2.75) is 25.3 Å². The second-order valence-corrected chi connectivity index (χ2v) is 9.90. The summed E-state index contributed by atoms with van der Waals surface area (Å²) in [6.07, 6.45) is 0. The molecule has 0 spiro atoms. The first-order chi connectivity index (χ1) is 13.8. The summed E-state index contributed by atoms with van der Waals surface area (Å²) in [6, 6.07) is 18.9. The fourth-order valence-corrected chi connectivity index (χ4v) is 4.56. The Morgan fingerprint density at radius 3 is 2.34 bits per heavy atom. The molecule has 0 saturated carbocycles. The fraction of sp³-hybridized carbons (Fsp3) is 0.227. The molecule has 0 amide bonds. The monoisotopic (exact) mass is 429 g/mol. The molecule has 0 aliphatic rings. The van der Waals surface area contributed by atoms with Crippen LogP contribution in [0.3, 0.4) is 0 Å². The summed E-state index contributed by atoms with van der Waals surface area (Å²) in [4.78, 5) is 14.0. The molecule has 7 heteroatoms. The number of carbonyl (C=O) groups is 1. The van der Waals surface area contributed by atoms with Crippen molar-refractivity contribution < 1.29 is 17.9 Å². The predicted octanol–water partition coefficient (Wildman–Crippen LogP) is 4.49. The number of sulfonamides is 1. The molecule has 3 rings (SSSR count). The molecule has 1 heterocycles. The van der Waals surface area contributed by atoms with Gasteiger partial charge in [-0.05, 0) is 42.3 Å². The molecule has 1 N–H and O–H groups in total. The van der Waals surface area contributed by atoms with Gasteiger partial charge in [-0.25, -0.2) is 13.1 Å². The number of carbonyl (C=O) groups excluding carboxylic acids is 1. The molecular formula is C22H23NO4S2. The summed E-state index contributed by atoms with van der Waals surface area (Å²) in [5.41, 5.74) is 0.612. The summed E-state index contributed by atoms with van der Waals surface area (Å²) in [7, 11) is -3.65. The smallest absolute Gasteiger partial charge is 0.240 e. The van der Waals surface area contributed by atoms with Crippen LogP contribution in [-0.4, -0.2) is 20.8 Å². The van der Waals surface area contributed by atoms with E-state index in [1.807, 2.05) is 32.0 Å². The molecule has 3 aromatic rings. The van der Waals surface area contributed by atoms with Crippen LogP contribution in [0.5, 0.6) is 5.75 Å². The molecule has 1 aromatic heterocycles. The number of rotatable bonds is 9. The van der Waals surface area contributed by atoms with Crippen molar-refractivity contribution in [3.8, 4) is 5.75 Å². The van der Waals surface area contributed by atoms with E-state index in [1.165, 1.54) is 23.5 Å². The van der Waals surface area contributed by atoms with E-state index < -0.39 is 10.0 Å². The highest BCUT2D eigenvalue weighted by molar-refractivity contribution is 7.89. The Balaban J connectivity index is 1.62. The minimum absolute atomic E-state index is 0.0679. The Morgan fingerprint density at radius 2 is 1.69 bits per heavy atom. The SMILES string of the molecule is CC(C)COc1ccc(S(=O)(=O)NCc2ccc(C(=O)c3ccccc3)s2)cc1. The maximum absolute atomic E-state index is 12.5. The van der Waals surface area contributed by atoms with Crippen molar-refractivity contribution >= 4 is 27.1 Å². The average molecular weight is 430 g/mol. The Bertz CT molecular complexity index is 1060. The maximum Gasteiger partial charge on any atom is 0.240 e. The van der Waals surface area contributed by atoms with Gasteiger partial charge in [-0.3, -0.25) is 4.79 Å². The Hall–Kier alpha value is -2.48. The zero-order valence-corrected chi connectivity index (χ0v) is 17.9. The van der Waals surface area contributed by atoms with Crippen molar-refractivity contribution in [2.24, 2.45) is 5.92 Å². The van der Waals surface area contributed by atoms with Gasteiger partial charge in [0.15, 0.2) is 0 Å². The van der Waals surface area contributed by atoms with Crippen LogP contribution in [0.25, 0.3) is 0 Å². The summed E-state index contributed by atoms with van der Waals surface area (Å²) in [5.74, 6) is 0.964. The Kier molecular flexibility index (Phi) is 6.84. The van der Waals surface area contributed by atoms with Gasteiger partial charge < -0.3 is 4.74 Å². The van der Waals surface area contributed by atoms with Crippen molar-refractivity contribution in [3.05, 3.63) is 82.0 Å². The lowest BCUT2D eigenvalue weighted by atomic mass is 10.1. The standard InChI is InChI=1S/C22H23NO4S2/c1-16(2)15-27-18-8-11-20(12-9-18)29(25,26)23-14-19-10-13-21(28-19)22(24)17-6-4-3-5-7-17/h3-13,16,23H,14-15H2,1-2H3. The van der Waals surface area contributed by atoms with Crippen molar-refractivity contribution in [1.29, 1.82) is 0 Å². The van der Waals surface area contributed by atoms with E-state index >= 15 is 0 Å². The topological polar surface area (TPSA) is 72.5 Å². The van der Waals surface area contributed by atoms with Gasteiger partial charge in [0.05, 0.1) is 16.4 Å². The van der Waals surface area contributed by atoms with Gasteiger partial charge in [0.2, 0.25) is 15.8 Å². The second-order valence-electron chi connectivity index (χ2n) is 6.96. The number of ether oxygens (including phenoxy) is 1. The first kappa shape index (κ1) is 21.2. The van der Waals surface area contributed by atoms with Gasteiger partial charge >= 0.3 is 0 Å². The normalized spacial score (nSPS) is 11.6. The van der Waals surface area contributed by atoms with E-state index in [-0.39, 0.29) is 17.2 Å². The van der Waals surface area contributed by atoms with E-state index in [4.69, 9.17) is 4.74 Å². The number of benzene rings is 2. The zero-order chi connectivity index (χ0) is 20.9. The molecule has 0 aliphatic heterocycles. The van der Waals surface area contributed by atoms with E-state index in [9.17, 15) is 13.2 Å². The molecule has 0 fully saturated rings. The van der Waals surface area contributed by atoms with Gasteiger partial charge in [0.1, 0.15) is 5.75 Å². The highest BCUT2D eigenvalue weighted by Crippen LogP contribution is 2.21. The lowest BCUT2D eigenvalue weighted by Gasteiger charge is -2.10. The van der Waals surface area contributed by atoms with E-state index in [0.717, 1.165) is 4.88 Å². The van der Waals surface area contributed by atoms with Gasteiger partial charge in [-0.2, -0.15) is 0 Å². The third-order valence-corrected chi connectivity index (χ3v) is 6.58. The van der Waals surface area contributed by atoms with Crippen LogP contribution in [0.1, 0.15) is 34.0 Å². The van der Waals surface area contributed by atoms with Crippen LogP contribution in [-0.2, 0) is 16.6 Å².